The standard InChI is InChI=1S/C23H19FN2O2/c1-2-21-22(15-6-10-19(27)11-7-15)25-26(18-5-3-4-17(24)14-18)23(21)16-8-12-20(28)13-9-16/h3-14,27-28H,2H2,1H3. The third-order valence-electron chi connectivity index (χ3n) is 4.67. The highest BCUT2D eigenvalue weighted by molar-refractivity contribution is 5.76. The Hall–Kier alpha value is -3.60. The van der Waals surface area contributed by atoms with E-state index in [-0.39, 0.29) is 17.3 Å². The molecule has 0 aliphatic carbocycles. The second-order valence-electron chi connectivity index (χ2n) is 6.51. The summed E-state index contributed by atoms with van der Waals surface area (Å²) in [7, 11) is 0. The topological polar surface area (TPSA) is 58.3 Å². The van der Waals surface area contributed by atoms with Crippen LogP contribution in [-0.2, 0) is 6.42 Å². The van der Waals surface area contributed by atoms with Crippen molar-refractivity contribution in [1.82, 2.24) is 9.78 Å². The monoisotopic (exact) mass is 374 g/mol. The third-order valence-corrected chi connectivity index (χ3v) is 4.67. The van der Waals surface area contributed by atoms with Gasteiger partial charge in [-0.05, 0) is 73.2 Å². The van der Waals surface area contributed by atoms with Gasteiger partial charge in [0.15, 0.2) is 0 Å². The lowest BCUT2D eigenvalue weighted by Gasteiger charge is -2.10. The van der Waals surface area contributed by atoms with Gasteiger partial charge in [-0.25, -0.2) is 9.07 Å². The summed E-state index contributed by atoms with van der Waals surface area (Å²) in [6.45, 7) is 2.04. The first-order valence-corrected chi connectivity index (χ1v) is 9.03. The zero-order valence-corrected chi connectivity index (χ0v) is 15.3. The minimum atomic E-state index is -0.339. The van der Waals surface area contributed by atoms with Gasteiger partial charge in [-0.15, -0.1) is 0 Å². The Balaban J connectivity index is 2.00. The number of phenolic OH excluding ortho intramolecular Hbond substituents is 2. The molecule has 0 saturated heterocycles. The van der Waals surface area contributed by atoms with E-state index in [2.05, 4.69) is 0 Å². The van der Waals surface area contributed by atoms with Gasteiger partial charge in [0.05, 0.1) is 17.1 Å². The highest BCUT2D eigenvalue weighted by Gasteiger charge is 2.20. The number of hydrogen-bond donors (Lipinski definition) is 2. The van der Waals surface area contributed by atoms with Crippen molar-refractivity contribution in [2.24, 2.45) is 0 Å². The van der Waals surface area contributed by atoms with Gasteiger partial charge in [0.1, 0.15) is 17.3 Å². The summed E-state index contributed by atoms with van der Waals surface area (Å²) < 4.78 is 15.6. The number of hydrogen-bond acceptors (Lipinski definition) is 3. The van der Waals surface area contributed by atoms with Crippen LogP contribution in [-0.4, -0.2) is 20.0 Å². The molecule has 0 fully saturated rings. The molecule has 140 valence electrons. The van der Waals surface area contributed by atoms with E-state index in [4.69, 9.17) is 5.10 Å². The molecule has 4 rings (SSSR count). The summed E-state index contributed by atoms with van der Waals surface area (Å²) in [5.74, 6) is 0.0244. The van der Waals surface area contributed by atoms with E-state index >= 15 is 0 Å². The molecule has 0 radical (unpaired) electrons. The second-order valence-corrected chi connectivity index (χ2v) is 6.51. The molecular formula is C23H19FN2O2. The Morgan fingerprint density at radius 2 is 1.46 bits per heavy atom. The fourth-order valence-electron chi connectivity index (χ4n) is 3.35. The molecule has 0 amide bonds. The molecule has 0 atom stereocenters. The number of halogens is 1. The molecular weight excluding hydrogens is 355 g/mol. The van der Waals surface area contributed by atoms with Gasteiger partial charge in [0.2, 0.25) is 0 Å². The maximum absolute atomic E-state index is 13.9. The Morgan fingerprint density at radius 3 is 2.04 bits per heavy atom. The lowest BCUT2D eigenvalue weighted by atomic mass is 9.99. The van der Waals surface area contributed by atoms with Crippen molar-refractivity contribution in [3.63, 3.8) is 0 Å². The minimum Gasteiger partial charge on any atom is -0.508 e. The molecule has 28 heavy (non-hydrogen) atoms. The lowest BCUT2D eigenvalue weighted by molar-refractivity contribution is 0.475. The highest BCUT2D eigenvalue weighted by atomic mass is 19.1. The van der Waals surface area contributed by atoms with Gasteiger partial charge >= 0.3 is 0 Å². The third kappa shape index (κ3) is 3.22. The SMILES string of the molecule is CCc1c(-c2ccc(O)cc2)nn(-c2cccc(F)c2)c1-c1ccc(O)cc1. The van der Waals surface area contributed by atoms with Gasteiger partial charge in [0, 0.05) is 16.7 Å². The van der Waals surface area contributed by atoms with Gasteiger partial charge in [-0.3, -0.25) is 0 Å². The molecule has 0 bridgehead atoms. The van der Waals surface area contributed by atoms with Crippen molar-refractivity contribution < 1.29 is 14.6 Å². The van der Waals surface area contributed by atoms with Crippen LogP contribution in [0.15, 0.2) is 72.8 Å². The quantitative estimate of drug-likeness (QED) is 0.508. The maximum Gasteiger partial charge on any atom is 0.125 e. The fourth-order valence-corrected chi connectivity index (χ4v) is 3.35. The second kappa shape index (κ2) is 7.19. The van der Waals surface area contributed by atoms with Crippen LogP contribution in [0.5, 0.6) is 11.5 Å². The number of benzene rings is 3. The van der Waals surface area contributed by atoms with E-state index in [0.29, 0.717) is 12.1 Å². The molecule has 0 aliphatic rings. The van der Waals surface area contributed by atoms with Gasteiger partial charge in [0.25, 0.3) is 0 Å². The zero-order valence-electron chi connectivity index (χ0n) is 15.3. The van der Waals surface area contributed by atoms with Crippen LogP contribution < -0.4 is 0 Å². The lowest BCUT2D eigenvalue weighted by Crippen LogP contribution is -2.00. The van der Waals surface area contributed by atoms with Crippen molar-refractivity contribution in [3.05, 3.63) is 84.2 Å². The van der Waals surface area contributed by atoms with Crippen LogP contribution in [0.25, 0.3) is 28.2 Å². The number of aromatic hydroxyl groups is 2. The minimum absolute atomic E-state index is 0.178. The van der Waals surface area contributed by atoms with Crippen molar-refractivity contribution in [1.29, 1.82) is 0 Å². The zero-order chi connectivity index (χ0) is 19.7. The Bertz CT molecular complexity index is 1120. The van der Waals surface area contributed by atoms with Crippen LogP contribution in [0.4, 0.5) is 4.39 Å². The molecule has 2 N–H and O–H groups in total. The first kappa shape index (κ1) is 17.8. The van der Waals surface area contributed by atoms with Crippen LogP contribution >= 0.6 is 0 Å². The van der Waals surface area contributed by atoms with E-state index in [0.717, 1.165) is 28.1 Å². The molecule has 4 aromatic rings. The Labute approximate surface area is 162 Å². The molecule has 4 nitrogen and oxygen atoms in total. The van der Waals surface area contributed by atoms with E-state index in [9.17, 15) is 14.6 Å². The van der Waals surface area contributed by atoms with Crippen molar-refractivity contribution in [2.75, 3.05) is 0 Å². The predicted octanol–water partition coefficient (Wildman–Crippen LogP) is 5.32. The van der Waals surface area contributed by atoms with Crippen molar-refractivity contribution in [3.8, 4) is 39.7 Å². The summed E-state index contributed by atoms with van der Waals surface area (Å²) in [5.41, 5.74) is 4.97. The maximum atomic E-state index is 13.9. The Morgan fingerprint density at radius 1 is 0.857 bits per heavy atom. The summed E-state index contributed by atoms with van der Waals surface area (Å²) in [4.78, 5) is 0. The molecule has 0 saturated carbocycles. The van der Waals surface area contributed by atoms with E-state index < -0.39 is 0 Å². The number of aromatic nitrogens is 2. The van der Waals surface area contributed by atoms with E-state index in [1.807, 2.05) is 31.2 Å². The summed E-state index contributed by atoms with van der Waals surface area (Å²) in [6, 6.07) is 20.1. The van der Waals surface area contributed by atoms with Crippen molar-refractivity contribution >= 4 is 0 Å². The van der Waals surface area contributed by atoms with E-state index in [1.54, 1.807) is 41.1 Å². The first-order chi connectivity index (χ1) is 13.6. The molecule has 1 aromatic heterocycles. The number of rotatable bonds is 4. The van der Waals surface area contributed by atoms with Crippen LogP contribution in [0.3, 0.4) is 0 Å². The summed E-state index contributed by atoms with van der Waals surface area (Å²) in [6.07, 6.45) is 0.710. The molecule has 3 aromatic carbocycles. The molecule has 0 unspecified atom stereocenters. The number of nitrogens with zero attached hydrogens (tertiary/aromatic N) is 2. The van der Waals surface area contributed by atoms with Crippen molar-refractivity contribution in [2.45, 2.75) is 13.3 Å². The first-order valence-electron chi connectivity index (χ1n) is 9.03. The molecule has 0 spiro atoms. The summed E-state index contributed by atoms with van der Waals surface area (Å²) >= 11 is 0. The highest BCUT2D eigenvalue weighted by Crippen LogP contribution is 2.35. The van der Waals surface area contributed by atoms with Crippen LogP contribution in [0.1, 0.15) is 12.5 Å². The molecule has 1 heterocycles. The van der Waals surface area contributed by atoms with Crippen LogP contribution in [0, 0.1) is 5.82 Å². The molecule has 0 aliphatic heterocycles. The normalized spacial score (nSPS) is 10.9. The van der Waals surface area contributed by atoms with Gasteiger partial charge in [-0.2, -0.15) is 5.10 Å². The summed E-state index contributed by atoms with van der Waals surface area (Å²) in [5, 5.41) is 24.1. The van der Waals surface area contributed by atoms with E-state index in [1.165, 1.54) is 12.1 Å². The average molecular weight is 374 g/mol. The Kier molecular flexibility index (Phi) is 4.57. The predicted molar refractivity (Wildman–Crippen MR) is 107 cm³/mol. The smallest absolute Gasteiger partial charge is 0.125 e. The van der Waals surface area contributed by atoms with Crippen LogP contribution in [0.2, 0.25) is 0 Å². The van der Waals surface area contributed by atoms with Gasteiger partial charge < -0.3 is 10.2 Å². The largest absolute Gasteiger partial charge is 0.508 e. The average Bonchev–Trinajstić information content (AvgIpc) is 3.09. The molecule has 5 heteroatoms. The number of phenols is 2. The van der Waals surface area contributed by atoms with Gasteiger partial charge in [-0.1, -0.05) is 13.0 Å². The fraction of sp³-hybridized carbons (Fsp3) is 0.0870.